The first-order chi connectivity index (χ1) is 8.99. The van der Waals surface area contributed by atoms with E-state index in [-0.39, 0.29) is 4.83 Å². The Morgan fingerprint density at radius 1 is 0.947 bits per heavy atom. The fourth-order valence-corrected chi connectivity index (χ4v) is 3.92. The fraction of sp³-hybridized carbons (Fsp3) is 0.250. The van der Waals surface area contributed by atoms with Gasteiger partial charge in [-0.3, -0.25) is 0 Å². The van der Waals surface area contributed by atoms with Crippen LogP contribution in [-0.4, -0.2) is 0 Å². The maximum atomic E-state index is 3.81. The lowest BCUT2D eigenvalue weighted by molar-refractivity contribution is 0.865. The summed E-state index contributed by atoms with van der Waals surface area (Å²) in [7, 11) is 0. The molecule has 0 spiro atoms. The van der Waals surface area contributed by atoms with Gasteiger partial charge in [0.2, 0.25) is 0 Å². The van der Waals surface area contributed by atoms with Gasteiger partial charge >= 0.3 is 0 Å². The van der Waals surface area contributed by atoms with Crippen molar-refractivity contribution in [3.63, 3.8) is 0 Å². The molecule has 0 aromatic heterocycles. The standard InChI is InChI=1S/C16H15Br2I/c1-10(2)11-3-5-12(6-4-11)16(18)14-9-13(19)7-8-15(14)17/h3-10,16H,1-2H3. The van der Waals surface area contributed by atoms with Crippen molar-refractivity contribution in [2.45, 2.75) is 24.6 Å². The van der Waals surface area contributed by atoms with Gasteiger partial charge in [0, 0.05) is 8.04 Å². The lowest BCUT2D eigenvalue weighted by atomic mass is 9.99. The van der Waals surface area contributed by atoms with E-state index in [1.807, 2.05) is 0 Å². The first-order valence-corrected chi connectivity index (χ1v) is 8.96. The second-order valence-electron chi connectivity index (χ2n) is 4.85. The van der Waals surface area contributed by atoms with Crippen molar-refractivity contribution in [3.05, 3.63) is 67.2 Å². The first kappa shape index (κ1) is 15.5. The molecular formula is C16H15Br2I. The fourth-order valence-electron chi connectivity index (χ4n) is 1.94. The van der Waals surface area contributed by atoms with E-state index in [2.05, 4.69) is 111 Å². The minimum absolute atomic E-state index is 0.220. The van der Waals surface area contributed by atoms with Gasteiger partial charge in [0.1, 0.15) is 0 Å². The molecule has 0 amide bonds. The van der Waals surface area contributed by atoms with Crippen LogP contribution in [0.15, 0.2) is 46.9 Å². The molecule has 0 aliphatic heterocycles. The van der Waals surface area contributed by atoms with Crippen molar-refractivity contribution in [3.8, 4) is 0 Å². The summed E-state index contributed by atoms with van der Waals surface area (Å²) in [4.78, 5) is 0.220. The van der Waals surface area contributed by atoms with Crippen molar-refractivity contribution >= 4 is 54.5 Å². The van der Waals surface area contributed by atoms with Crippen molar-refractivity contribution in [2.75, 3.05) is 0 Å². The van der Waals surface area contributed by atoms with Gasteiger partial charge in [0.05, 0.1) is 4.83 Å². The number of benzene rings is 2. The van der Waals surface area contributed by atoms with Crippen LogP contribution in [0.5, 0.6) is 0 Å². The second-order valence-corrected chi connectivity index (χ2v) is 7.87. The molecule has 0 heterocycles. The summed E-state index contributed by atoms with van der Waals surface area (Å²) in [6.07, 6.45) is 0. The number of halogens is 3. The monoisotopic (exact) mass is 492 g/mol. The molecule has 0 aliphatic carbocycles. The van der Waals surface area contributed by atoms with E-state index in [0.29, 0.717) is 5.92 Å². The Kier molecular flexibility index (Phi) is 5.49. The minimum Gasteiger partial charge on any atom is -0.0786 e. The normalized spacial score (nSPS) is 12.7. The highest BCUT2D eigenvalue weighted by atomic mass is 127. The summed E-state index contributed by atoms with van der Waals surface area (Å²) in [5, 5.41) is 0. The number of hydrogen-bond acceptors (Lipinski definition) is 0. The Balaban J connectivity index is 2.33. The third-order valence-corrected chi connectivity index (χ3v) is 5.54. The largest absolute Gasteiger partial charge is 0.0786 e. The molecule has 100 valence electrons. The molecule has 19 heavy (non-hydrogen) atoms. The second kappa shape index (κ2) is 6.72. The highest BCUT2D eigenvalue weighted by molar-refractivity contribution is 14.1. The topological polar surface area (TPSA) is 0 Å². The zero-order valence-electron chi connectivity index (χ0n) is 10.8. The van der Waals surface area contributed by atoms with Crippen molar-refractivity contribution in [1.82, 2.24) is 0 Å². The predicted octanol–water partition coefficient (Wildman–Crippen LogP) is 6.66. The van der Waals surface area contributed by atoms with Gasteiger partial charge in [-0.15, -0.1) is 0 Å². The number of hydrogen-bond donors (Lipinski definition) is 0. The number of rotatable bonds is 3. The molecular weight excluding hydrogens is 479 g/mol. The zero-order chi connectivity index (χ0) is 14.0. The van der Waals surface area contributed by atoms with E-state index in [1.54, 1.807) is 0 Å². The third-order valence-electron chi connectivity index (χ3n) is 3.13. The molecule has 0 aliphatic rings. The van der Waals surface area contributed by atoms with Crippen molar-refractivity contribution in [2.24, 2.45) is 0 Å². The summed E-state index contributed by atoms with van der Waals surface area (Å²) in [5.41, 5.74) is 3.93. The van der Waals surface area contributed by atoms with Crippen LogP contribution in [0.4, 0.5) is 0 Å². The summed E-state index contributed by atoms with van der Waals surface area (Å²) >= 11 is 9.79. The zero-order valence-corrected chi connectivity index (χ0v) is 16.2. The average Bonchev–Trinajstić information content (AvgIpc) is 2.41. The molecule has 0 bridgehead atoms. The highest BCUT2D eigenvalue weighted by Gasteiger charge is 2.14. The summed E-state index contributed by atoms with van der Waals surface area (Å²) < 4.78 is 2.39. The molecule has 0 fully saturated rings. The highest BCUT2D eigenvalue weighted by Crippen LogP contribution is 2.36. The van der Waals surface area contributed by atoms with E-state index in [0.717, 1.165) is 4.47 Å². The van der Waals surface area contributed by atoms with Crippen LogP contribution in [0.3, 0.4) is 0 Å². The molecule has 3 heteroatoms. The molecule has 1 unspecified atom stereocenters. The van der Waals surface area contributed by atoms with Crippen LogP contribution in [0.1, 0.15) is 41.3 Å². The van der Waals surface area contributed by atoms with E-state index >= 15 is 0 Å². The molecule has 1 atom stereocenters. The molecule has 0 radical (unpaired) electrons. The SMILES string of the molecule is CC(C)c1ccc(C(Br)c2cc(I)ccc2Br)cc1. The van der Waals surface area contributed by atoms with E-state index in [4.69, 9.17) is 0 Å². The molecule has 0 saturated carbocycles. The number of alkyl halides is 1. The van der Waals surface area contributed by atoms with Gasteiger partial charge in [0.25, 0.3) is 0 Å². The van der Waals surface area contributed by atoms with Gasteiger partial charge in [-0.1, -0.05) is 70.0 Å². The Labute approximate surface area is 145 Å². The van der Waals surface area contributed by atoms with E-state index in [9.17, 15) is 0 Å². The van der Waals surface area contributed by atoms with Crippen molar-refractivity contribution in [1.29, 1.82) is 0 Å². The first-order valence-electron chi connectivity index (χ1n) is 6.18. The summed E-state index contributed by atoms with van der Waals surface area (Å²) in [6, 6.07) is 15.3. The van der Waals surface area contributed by atoms with Crippen LogP contribution in [0.25, 0.3) is 0 Å². The van der Waals surface area contributed by atoms with Crippen LogP contribution in [-0.2, 0) is 0 Å². The Hall–Kier alpha value is 0.130. The molecule has 0 N–H and O–H groups in total. The van der Waals surface area contributed by atoms with Crippen LogP contribution in [0.2, 0.25) is 0 Å². The maximum absolute atomic E-state index is 3.81. The minimum atomic E-state index is 0.220. The van der Waals surface area contributed by atoms with Gasteiger partial charge in [-0.25, -0.2) is 0 Å². The Morgan fingerprint density at radius 2 is 1.53 bits per heavy atom. The Morgan fingerprint density at radius 3 is 2.11 bits per heavy atom. The quantitative estimate of drug-likeness (QED) is 0.331. The lowest BCUT2D eigenvalue weighted by Crippen LogP contribution is -1.96. The molecule has 0 saturated heterocycles. The van der Waals surface area contributed by atoms with Gasteiger partial charge < -0.3 is 0 Å². The summed E-state index contributed by atoms with van der Waals surface area (Å²) in [6.45, 7) is 4.44. The molecule has 2 aromatic rings. The van der Waals surface area contributed by atoms with Crippen molar-refractivity contribution < 1.29 is 0 Å². The smallest absolute Gasteiger partial charge is 0.0655 e. The third kappa shape index (κ3) is 3.82. The molecule has 2 aromatic carbocycles. The average molecular weight is 494 g/mol. The Bertz CT molecular complexity index is 561. The van der Waals surface area contributed by atoms with Gasteiger partial charge in [0.15, 0.2) is 0 Å². The maximum Gasteiger partial charge on any atom is 0.0655 e. The van der Waals surface area contributed by atoms with E-state index in [1.165, 1.54) is 20.3 Å². The van der Waals surface area contributed by atoms with Crippen LogP contribution >= 0.6 is 54.5 Å². The van der Waals surface area contributed by atoms with E-state index < -0.39 is 0 Å². The van der Waals surface area contributed by atoms with Crippen LogP contribution < -0.4 is 0 Å². The van der Waals surface area contributed by atoms with Crippen LogP contribution in [0, 0.1) is 3.57 Å². The summed E-state index contributed by atoms with van der Waals surface area (Å²) in [5.74, 6) is 0.576. The molecule has 0 nitrogen and oxygen atoms in total. The molecule has 2 rings (SSSR count). The predicted molar refractivity (Wildman–Crippen MR) is 98.2 cm³/mol. The van der Waals surface area contributed by atoms with Gasteiger partial charge in [-0.2, -0.15) is 0 Å². The lowest BCUT2D eigenvalue weighted by Gasteiger charge is -2.14. The van der Waals surface area contributed by atoms with Gasteiger partial charge in [-0.05, 0) is 63.4 Å².